The zero-order valence-electron chi connectivity index (χ0n) is 11.6. The fraction of sp³-hybridized carbons (Fsp3) is 0.571. The summed E-state index contributed by atoms with van der Waals surface area (Å²) >= 11 is 0. The van der Waals surface area contributed by atoms with Crippen LogP contribution in [-0.2, 0) is 14.6 Å². The molecule has 1 heterocycles. The first-order valence-electron chi connectivity index (χ1n) is 6.54. The third kappa shape index (κ3) is 3.55. The van der Waals surface area contributed by atoms with Gasteiger partial charge in [-0.25, -0.2) is 8.42 Å². The summed E-state index contributed by atoms with van der Waals surface area (Å²) in [5.74, 6) is 0.464. The lowest BCUT2D eigenvalue weighted by atomic mass is 10.0. The SMILES string of the molecule is CC(C)C1CNCC(c2ccc(S(C)(=O)=O)cc2)O1. The lowest BCUT2D eigenvalue weighted by Gasteiger charge is -2.33. The van der Waals surface area contributed by atoms with E-state index < -0.39 is 9.84 Å². The average molecular weight is 283 g/mol. The highest BCUT2D eigenvalue weighted by Gasteiger charge is 2.25. The third-order valence-corrected chi connectivity index (χ3v) is 4.57. The molecule has 1 aromatic rings. The van der Waals surface area contributed by atoms with E-state index in [0.29, 0.717) is 10.8 Å². The molecule has 1 aliphatic heterocycles. The smallest absolute Gasteiger partial charge is 0.175 e. The fourth-order valence-corrected chi connectivity index (χ4v) is 2.81. The van der Waals surface area contributed by atoms with Crippen molar-refractivity contribution in [1.82, 2.24) is 5.32 Å². The summed E-state index contributed by atoms with van der Waals surface area (Å²) < 4.78 is 28.9. The second kappa shape index (κ2) is 5.61. The number of ether oxygens (including phenoxy) is 1. The molecular formula is C14H21NO3S. The van der Waals surface area contributed by atoms with Crippen molar-refractivity contribution in [2.45, 2.75) is 31.0 Å². The van der Waals surface area contributed by atoms with Gasteiger partial charge < -0.3 is 10.1 Å². The van der Waals surface area contributed by atoms with Crippen molar-refractivity contribution < 1.29 is 13.2 Å². The van der Waals surface area contributed by atoms with E-state index in [1.54, 1.807) is 12.1 Å². The molecule has 19 heavy (non-hydrogen) atoms. The fourth-order valence-electron chi connectivity index (χ4n) is 2.18. The molecule has 0 saturated carbocycles. The van der Waals surface area contributed by atoms with Gasteiger partial charge in [0.2, 0.25) is 0 Å². The molecule has 0 amide bonds. The maximum Gasteiger partial charge on any atom is 0.175 e. The number of sulfone groups is 1. The minimum atomic E-state index is -3.13. The molecule has 1 N–H and O–H groups in total. The first-order valence-corrected chi connectivity index (χ1v) is 8.43. The highest BCUT2D eigenvalue weighted by Crippen LogP contribution is 2.25. The van der Waals surface area contributed by atoms with E-state index in [1.807, 2.05) is 12.1 Å². The molecule has 2 atom stereocenters. The highest BCUT2D eigenvalue weighted by molar-refractivity contribution is 7.90. The Morgan fingerprint density at radius 3 is 2.37 bits per heavy atom. The van der Waals surface area contributed by atoms with Crippen molar-refractivity contribution in [1.29, 1.82) is 0 Å². The van der Waals surface area contributed by atoms with Crippen molar-refractivity contribution in [3.63, 3.8) is 0 Å². The number of morpholine rings is 1. The van der Waals surface area contributed by atoms with Gasteiger partial charge in [-0.15, -0.1) is 0 Å². The maximum atomic E-state index is 11.4. The van der Waals surface area contributed by atoms with Gasteiger partial charge in [0.05, 0.1) is 17.1 Å². The number of rotatable bonds is 3. The molecule has 0 aromatic heterocycles. The zero-order valence-corrected chi connectivity index (χ0v) is 12.4. The van der Waals surface area contributed by atoms with Crippen LogP contribution in [0, 0.1) is 5.92 Å². The van der Waals surface area contributed by atoms with E-state index in [2.05, 4.69) is 19.2 Å². The minimum absolute atomic E-state index is 0.00485. The van der Waals surface area contributed by atoms with E-state index in [0.717, 1.165) is 18.7 Å². The summed E-state index contributed by atoms with van der Waals surface area (Å²) in [5.41, 5.74) is 1.02. The first-order chi connectivity index (χ1) is 8.88. The molecule has 0 bridgehead atoms. The van der Waals surface area contributed by atoms with Crippen LogP contribution in [0.3, 0.4) is 0 Å². The Labute approximate surface area is 115 Å². The van der Waals surface area contributed by atoms with Crippen LogP contribution in [0.2, 0.25) is 0 Å². The summed E-state index contributed by atoms with van der Waals surface area (Å²) in [6.45, 7) is 5.92. The summed E-state index contributed by atoms with van der Waals surface area (Å²) in [4.78, 5) is 0.348. The van der Waals surface area contributed by atoms with Crippen molar-refractivity contribution in [2.24, 2.45) is 5.92 Å². The van der Waals surface area contributed by atoms with Crippen LogP contribution in [-0.4, -0.2) is 33.9 Å². The zero-order chi connectivity index (χ0) is 14.0. The van der Waals surface area contributed by atoms with Crippen LogP contribution < -0.4 is 5.32 Å². The van der Waals surface area contributed by atoms with Crippen LogP contribution in [0.5, 0.6) is 0 Å². The molecule has 1 aromatic carbocycles. The van der Waals surface area contributed by atoms with Crippen molar-refractivity contribution in [3.8, 4) is 0 Å². The Balaban J connectivity index is 2.14. The van der Waals surface area contributed by atoms with Gasteiger partial charge in [0, 0.05) is 19.3 Å². The van der Waals surface area contributed by atoms with Gasteiger partial charge in [-0.3, -0.25) is 0 Å². The summed E-state index contributed by atoms with van der Waals surface area (Å²) in [7, 11) is -3.13. The van der Waals surface area contributed by atoms with Crippen LogP contribution in [0.1, 0.15) is 25.5 Å². The van der Waals surface area contributed by atoms with Crippen LogP contribution in [0.4, 0.5) is 0 Å². The van der Waals surface area contributed by atoms with E-state index in [-0.39, 0.29) is 12.2 Å². The normalized spacial score (nSPS) is 24.6. The van der Waals surface area contributed by atoms with E-state index in [4.69, 9.17) is 4.74 Å². The number of hydrogen-bond donors (Lipinski definition) is 1. The molecule has 2 rings (SSSR count). The van der Waals surface area contributed by atoms with Gasteiger partial charge in [0.25, 0.3) is 0 Å². The van der Waals surface area contributed by atoms with Crippen molar-refractivity contribution in [3.05, 3.63) is 29.8 Å². The summed E-state index contributed by atoms with van der Waals surface area (Å²) in [5, 5.41) is 3.37. The summed E-state index contributed by atoms with van der Waals surface area (Å²) in [6, 6.07) is 6.97. The van der Waals surface area contributed by atoms with Crippen LogP contribution in [0.15, 0.2) is 29.2 Å². The quantitative estimate of drug-likeness (QED) is 0.918. The van der Waals surface area contributed by atoms with Gasteiger partial charge in [-0.2, -0.15) is 0 Å². The monoisotopic (exact) mass is 283 g/mol. The molecule has 0 aliphatic carbocycles. The van der Waals surface area contributed by atoms with Crippen molar-refractivity contribution >= 4 is 9.84 Å². The van der Waals surface area contributed by atoms with Crippen molar-refractivity contribution in [2.75, 3.05) is 19.3 Å². The first kappa shape index (κ1) is 14.5. The third-order valence-electron chi connectivity index (χ3n) is 3.44. The molecule has 5 heteroatoms. The molecule has 106 valence electrons. The number of hydrogen-bond acceptors (Lipinski definition) is 4. The molecule has 1 saturated heterocycles. The van der Waals surface area contributed by atoms with Crippen LogP contribution >= 0.6 is 0 Å². The van der Waals surface area contributed by atoms with E-state index in [1.165, 1.54) is 6.26 Å². The Morgan fingerprint density at radius 2 is 1.84 bits per heavy atom. The molecular weight excluding hydrogens is 262 g/mol. The van der Waals surface area contributed by atoms with Gasteiger partial charge >= 0.3 is 0 Å². The number of benzene rings is 1. The molecule has 2 unspecified atom stereocenters. The molecule has 0 spiro atoms. The lowest BCUT2D eigenvalue weighted by Crippen LogP contribution is -2.43. The Bertz CT molecular complexity index is 522. The van der Waals surface area contributed by atoms with Gasteiger partial charge in [-0.1, -0.05) is 26.0 Å². The van der Waals surface area contributed by atoms with E-state index >= 15 is 0 Å². The Hall–Kier alpha value is -0.910. The van der Waals surface area contributed by atoms with Gasteiger partial charge in [0.1, 0.15) is 0 Å². The summed E-state index contributed by atoms with van der Waals surface area (Å²) in [6.07, 6.45) is 1.42. The highest BCUT2D eigenvalue weighted by atomic mass is 32.2. The maximum absolute atomic E-state index is 11.4. The Morgan fingerprint density at radius 1 is 1.21 bits per heavy atom. The largest absolute Gasteiger partial charge is 0.367 e. The predicted molar refractivity (Wildman–Crippen MR) is 74.9 cm³/mol. The average Bonchev–Trinajstić information content (AvgIpc) is 2.38. The second-order valence-electron chi connectivity index (χ2n) is 5.41. The predicted octanol–water partition coefficient (Wildman–Crippen LogP) is 1.78. The minimum Gasteiger partial charge on any atom is -0.367 e. The molecule has 0 radical (unpaired) electrons. The van der Waals surface area contributed by atoms with Crippen LogP contribution in [0.25, 0.3) is 0 Å². The molecule has 1 aliphatic rings. The molecule has 1 fully saturated rings. The second-order valence-corrected chi connectivity index (χ2v) is 7.42. The molecule has 4 nitrogen and oxygen atoms in total. The topological polar surface area (TPSA) is 55.4 Å². The Kier molecular flexibility index (Phi) is 4.28. The van der Waals surface area contributed by atoms with E-state index in [9.17, 15) is 8.42 Å². The number of nitrogens with one attached hydrogen (secondary N) is 1. The lowest BCUT2D eigenvalue weighted by molar-refractivity contribution is -0.0603. The standard InChI is InChI=1S/C14H21NO3S/c1-10(2)13-8-15-9-14(18-13)11-4-6-12(7-5-11)19(3,16)17/h4-7,10,13-15H,8-9H2,1-3H3. The van der Waals surface area contributed by atoms with Gasteiger partial charge in [-0.05, 0) is 23.6 Å². The van der Waals surface area contributed by atoms with Gasteiger partial charge in [0.15, 0.2) is 9.84 Å².